The third-order valence-corrected chi connectivity index (χ3v) is 3.36. The highest BCUT2D eigenvalue weighted by molar-refractivity contribution is 5.75. The van der Waals surface area contributed by atoms with Crippen LogP contribution in [0, 0.1) is 0 Å². The molecule has 1 amide bonds. The molecule has 2 rings (SSSR count). The lowest BCUT2D eigenvalue weighted by Gasteiger charge is -2.20. The molecule has 1 atom stereocenters. The molecule has 4 nitrogen and oxygen atoms in total. The Morgan fingerprint density at radius 2 is 2.05 bits per heavy atom. The van der Waals surface area contributed by atoms with Crippen molar-refractivity contribution in [2.45, 2.75) is 32.6 Å². The van der Waals surface area contributed by atoms with Crippen molar-refractivity contribution >= 4 is 5.91 Å². The Morgan fingerprint density at radius 1 is 1.32 bits per heavy atom. The predicted octanol–water partition coefficient (Wildman–Crippen LogP) is 2.48. The van der Waals surface area contributed by atoms with Crippen molar-refractivity contribution in [1.82, 2.24) is 5.32 Å². The van der Waals surface area contributed by atoms with Crippen molar-refractivity contribution in [3.8, 4) is 11.5 Å². The molecule has 104 valence electrons. The van der Waals surface area contributed by atoms with Crippen molar-refractivity contribution in [2.75, 3.05) is 19.8 Å². The van der Waals surface area contributed by atoms with E-state index in [1.54, 1.807) is 0 Å². The number of benzene rings is 1. The lowest BCUT2D eigenvalue weighted by Crippen LogP contribution is -2.24. The van der Waals surface area contributed by atoms with Crippen LogP contribution in [0.5, 0.6) is 11.5 Å². The molecule has 1 aliphatic rings. The molecule has 1 unspecified atom stereocenters. The van der Waals surface area contributed by atoms with Gasteiger partial charge in [0.2, 0.25) is 5.91 Å². The van der Waals surface area contributed by atoms with Gasteiger partial charge in [-0.15, -0.1) is 0 Å². The summed E-state index contributed by atoms with van der Waals surface area (Å²) in [6.07, 6.45) is 1.46. The number of nitrogens with one attached hydrogen (secondary N) is 1. The number of ether oxygens (including phenoxy) is 2. The number of rotatable bonds is 5. The number of carbonyl (C=O) groups is 1. The van der Waals surface area contributed by atoms with Crippen LogP contribution in [-0.4, -0.2) is 25.7 Å². The van der Waals surface area contributed by atoms with Gasteiger partial charge in [0.25, 0.3) is 0 Å². The van der Waals surface area contributed by atoms with Gasteiger partial charge in [-0.25, -0.2) is 0 Å². The lowest BCUT2D eigenvalue weighted by atomic mass is 9.97. The molecule has 0 saturated carbocycles. The van der Waals surface area contributed by atoms with Gasteiger partial charge in [-0.1, -0.05) is 19.9 Å². The second kappa shape index (κ2) is 6.45. The molecule has 0 spiro atoms. The number of hydrogen-bond acceptors (Lipinski definition) is 3. The fraction of sp³-hybridized carbons (Fsp3) is 0.533. The molecule has 1 aromatic rings. The molecule has 1 N–H and O–H groups in total. The van der Waals surface area contributed by atoms with Crippen molar-refractivity contribution in [2.24, 2.45) is 0 Å². The topological polar surface area (TPSA) is 47.6 Å². The van der Waals surface area contributed by atoms with E-state index in [0.29, 0.717) is 32.1 Å². The molecule has 0 bridgehead atoms. The first-order valence-corrected chi connectivity index (χ1v) is 6.87. The minimum Gasteiger partial charge on any atom is -0.486 e. The van der Waals surface area contributed by atoms with Crippen LogP contribution in [0.2, 0.25) is 0 Å². The van der Waals surface area contributed by atoms with Gasteiger partial charge < -0.3 is 14.8 Å². The first-order valence-electron chi connectivity index (χ1n) is 6.87. The Balaban J connectivity index is 1.91. The maximum absolute atomic E-state index is 11.2. The maximum atomic E-state index is 11.2. The first-order chi connectivity index (χ1) is 9.20. The van der Waals surface area contributed by atoms with Crippen LogP contribution in [0.15, 0.2) is 18.2 Å². The van der Waals surface area contributed by atoms with Crippen molar-refractivity contribution in [1.29, 1.82) is 0 Å². The minimum absolute atomic E-state index is 0.106. The Kier molecular flexibility index (Phi) is 4.66. The highest BCUT2D eigenvalue weighted by atomic mass is 16.6. The van der Waals surface area contributed by atoms with Crippen LogP contribution in [0.3, 0.4) is 0 Å². The van der Waals surface area contributed by atoms with Gasteiger partial charge in [0.05, 0.1) is 0 Å². The number of hydrogen-bond donors (Lipinski definition) is 1. The molecule has 19 heavy (non-hydrogen) atoms. The summed E-state index contributed by atoms with van der Waals surface area (Å²) in [5.74, 6) is 2.14. The van der Waals surface area contributed by atoms with E-state index in [1.807, 2.05) is 19.1 Å². The van der Waals surface area contributed by atoms with Crippen molar-refractivity contribution in [3.05, 3.63) is 23.8 Å². The van der Waals surface area contributed by atoms with Crippen LogP contribution in [0.1, 0.15) is 38.2 Å². The summed E-state index contributed by atoms with van der Waals surface area (Å²) in [6, 6.07) is 6.07. The third-order valence-electron chi connectivity index (χ3n) is 3.36. The largest absolute Gasteiger partial charge is 0.486 e. The maximum Gasteiger partial charge on any atom is 0.219 e. The van der Waals surface area contributed by atoms with E-state index in [4.69, 9.17) is 9.47 Å². The smallest absolute Gasteiger partial charge is 0.219 e. The molecule has 0 radical (unpaired) electrons. The highest BCUT2D eigenvalue weighted by Crippen LogP contribution is 2.33. The second-order valence-corrected chi connectivity index (χ2v) is 4.80. The first kappa shape index (κ1) is 13.7. The molecular weight excluding hydrogens is 242 g/mol. The predicted molar refractivity (Wildman–Crippen MR) is 73.8 cm³/mol. The van der Waals surface area contributed by atoms with Crippen LogP contribution in [-0.2, 0) is 4.79 Å². The number of carbonyl (C=O) groups excluding carboxylic acids is 1. The average molecular weight is 263 g/mol. The van der Waals surface area contributed by atoms with Crippen LogP contribution < -0.4 is 14.8 Å². The average Bonchev–Trinajstić information content (AvgIpc) is 2.46. The normalized spacial score (nSPS) is 14.8. The van der Waals surface area contributed by atoms with E-state index in [0.717, 1.165) is 17.9 Å². The van der Waals surface area contributed by atoms with Gasteiger partial charge in [0, 0.05) is 13.0 Å². The van der Waals surface area contributed by atoms with Crippen LogP contribution in [0.4, 0.5) is 0 Å². The molecule has 0 saturated heterocycles. The summed E-state index contributed by atoms with van der Waals surface area (Å²) >= 11 is 0. The minimum atomic E-state index is 0.106. The Labute approximate surface area is 114 Å². The molecule has 4 heteroatoms. The summed E-state index contributed by atoms with van der Waals surface area (Å²) in [5.41, 5.74) is 1.22. The molecule has 1 aliphatic heterocycles. The van der Waals surface area contributed by atoms with Gasteiger partial charge in [0.1, 0.15) is 13.2 Å². The third kappa shape index (κ3) is 3.63. The summed E-state index contributed by atoms with van der Waals surface area (Å²) in [4.78, 5) is 11.2. The SMILES string of the molecule is CCC(=O)NCCC(C)c1ccc2c(c1)OCCO2. The zero-order valence-electron chi connectivity index (χ0n) is 11.6. The number of fused-ring (bicyclic) bond motifs is 1. The van der Waals surface area contributed by atoms with Gasteiger partial charge in [0.15, 0.2) is 11.5 Å². The quantitative estimate of drug-likeness (QED) is 0.887. The molecular formula is C15H21NO3. The van der Waals surface area contributed by atoms with E-state index in [1.165, 1.54) is 5.56 Å². The zero-order chi connectivity index (χ0) is 13.7. The van der Waals surface area contributed by atoms with Crippen LogP contribution >= 0.6 is 0 Å². The number of amides is 1. The Morgan fingerprint density at radius 3 is 2.79 bits per heavy atom. The molecule has 1 heterocycles. The van der Waals surface area contributed by atoms with E-state index in [9.17, 15) is 4.79 Å². The summed E-state index contributed by atoms with van der Waals surface area (Å²) in [6.45, 7) is 5.95. The Hall–Kier alpha value is -1.71. The van der Waals surface area contributed by atoms with E-state index in [2.05, 4.69) is 18.3 Å². The van der Waals surface area contributed by atoms with E-state index >= 15 is 0 Å². The monoisotopic (exact) mass is 263 g/mol. The molecule has 0 aliphatic carbocycles. The highest BCUT2D eigenvalue weighted by Gasteiger charge is 2.14. The van der Waals surface area contributed by atoms with E-state index in [-0.39, 0.29) is 5.91 Å². The molecule has 0 fully saturated rings. The van der Waals surface area contributed by atoms with Crippen LogP contribution in [0.25, 0.3) is 0 Å². The summed E-state index contributed by atoms with van der Waals surface area (Å²) in [7, 11) is 0. The van der Waals surface area contributed by atoms with Gasteiger partial charge >= 0.3 is 0 Å². The van der Waals surface area contributed by atoms with Gasteiger partial charge in [-0.05, 0) is 30.0 Å². The second-order valence-electron chi connectivity index (χ2n) is 4.80. The van der Waals surface area contributed by atoms with Gasteiger partial charge in [-0.2, -0.15) is 0 Å². The Bertz CT molecular complexity index is 445. The van der Waals surface area contributed by atoms with Gasteiger partial charge in [-0.3, -0.25) is 4.79 Å². The van der Waals surface area contributed by atoms with Crippen molar-refractivity contribution < 1.29 is 14.3 Å². The standard InChI is InChI=1S/C15H21NO3/c1-3-15(17)16-7-6-11(2)12-4-5-13-14(10-12)19-9-8-18-13/h4-5,10-11H,3,6-9H2,1-2H3,(H,16,17). The van der Waals surface area contributed by atoms with Crippen molar-refractivity contribution in [3.63, 3.8) is 0 Å². The lowest BCUT2D eigenvalue weighted by molar-refractivity contribution is -0.120. The summed E-state index contributed by atoms with van der Waals surface area (Å²) in [5, 5.41) is 2.90. The fourth-order valence-electron chi connectivity index (χ4n) is 2.09. The molecule has 1 aromatic carbocycles. The fourth-order valence-corrected chi connectivity index (χ4v) is 2.09. The zero-order valence-corrected chi connectivity index (χ0v) is 11.6. The van der Waals surface area contributed by atoms with E-state index < -0.39 is 0 Å². The summed E-state index contributed by atoms with van der Waals surface area (Å²) < 4.78 is 11.1. The molecule has 0 aromatic heterocycles.